The van der Waals surface area contributed by atoms with Crippen molar-refractivity contribution >= 4 is 15.6 Å². The van der Waals surface area contributed by atoms with Crippen LogP contribution in [0.15, 0.2) is 28.7 Å². The minimum atomic E-state index is -2.28. The zero-order chi connectivity index (χ0) is 11.1. The van der Waals surface area contributed by atoms with E-state index in [4.69, 9.17) is 0 Å². The lowest BCUT2D eigenvalue weighted by atomic mass is 10.1. The summed E-state index contributed by atoms with van der Waals surface area (Å²) in [6.07, 6.45) is 3.03. The highest BCUT2D eigenvalue weighted by Crippen LogP contribution is 2.22. The van der Waals surface area contributed by atoms with Gasteiger partial charge < -0.3 is 0 Å². The van der Waals surface area contributed by atoms with Crippen LogP contribution >= 0.6 is 0 Å². The molecule has 2 rings (SSSR count). The second-order valence-corrected chi connectivity index (χ2v) is 6.31. The molecule has 0 atom stereocenters. The summed E-state index contributed by atoms with van der Waals surface area (Å²) in [6, 6.07) is 7.34. The predicted molar refractivity (Wildman–Crippen MR) is 58.7 cm³/mol. The minimum Gasteiger partial charge on any atom is -0.267 e. The molecule has 15 heavy (non-hydrogen) atoms. The van der Waals surface area contributed by atoms with Gasteiger partial charge in [-0.2, -0.15) is 0 Å². The summed E-state index contributed by atoms with van der Waals surface area (Å²) in [5.74, 6) is -0.165. The average Bonchev–Trinajstić information content (AvgIpc) is 2.42. The summed E-state index contributed by atoms with van der Waals surface area (Å²) in [5, 5.41) is 1.28. The predicted octanol–water partition coefficient (Wildman–Crippen LogP) is 1.29. The summed E-state index contributed by atoms with van der Waals surface area (Å²) in [7, 11) is -2.28. The first-order chi connectivity index (χ1) is 6.97. The van der Waals surface area contributed by atoms with Crippen LogP contribution in [0.25, 0.3) is 0 Å². The molecule has 0 radical (unpaired) electrons. The van der Waals surface area contributed by atoms with Crippen molar-refractivity contribution in [3.63, 3.8) is 0 Å². The van der Waals surface area contributed by atoms with E-state index in [0.717, 1.165) is 5.56 Å². The van der Waals surface area contributed by atoms with Crippen LogP contribution in [0.3, 0.4) is 0 Å². The summed E-state index contributed by atoms with van der Waals surface area (Å²) < 4.78 is 15.4. The highest BCUT2D eigenvalue weighted by atomic mass is 32.2. The number of carbonyl (C=O) groups excluding carboxylic acids is 1. The summed E-state index contributed by atoms with van der Waals surface area (Å²) in [5.41, 5.74) is 1.60. The molecule has 0 aliphatic carbocycles. The number of fused-ring (bicyclic) bond motifs is 1. The molecule has 5 heteroatoms. The number of hydrogen-bond donors (Lipinski definition) is 0. The fourth-order valence-corrected chi connectivity index (χ4v) is 2.15. The smallest absolute Gasteiger partial charge is 0.267 e. The second-order valence-electron chi connectivity index (χ2n) is 3.78. The molecule has 0 aromatic heterocycles. The van der Waals surface area contributed by atoms with Gasteiger partial charge in [-0.1, -0.05) is 18.2 Å². The number of nitrogens with zero attached hydrogens (tertiary/aromatic N) is 2. The number of rotatable bonds is 1. The number of hydrogen-bond acceptors (Lipinski definition) is 3. The van der Waals surface area contributed by atoms with Gasteiger partial charge in [0.2, 0.25) is 0 Å². The second kappa shape index (κ2) is 3.34. The van der Waals surface area contributed by atoms with Gasteiger partial charge in [0.05, 0.1) is 16.3 Å². The Morgan fingerprint density at radius 3 is 2.60 bits per heavy atom. The third-order valence-electron chi connectivity index (χ3n) is 2.10. The van der Waals surface area contributed by atoms with Crippen molar-refractivity contribution in [2.24, 2.45) is 4.47 Å². The van der Waals surface area contributed by atoms with Crippen LogP contribution in [0.2, 0.25) is 0 Å². The van der Waals surface area contributed by atoms with Crippen molar-refractivity contribution in [1.82, 2.24) is 5.01 Å². The molecular weight excluding hydrogens is 212 g/mol. The van der Waals surface area contributed by atoms with Crippen molar-refractivity contribution in [1.29, 1.82) is 0 Å². The van der Waals surface area contributed by atoms with Gasteiger partial charge in [0.25, 0.3) is 5.91 Å². The molecule has 1 heterocycles. The molecule has 0 unspecified atom stereocenters. The summed E-state index contributed by atoms with van der Waals surface area (Å²) in [6.45, 7) is 0.424. The van der Waals surface area contributed by atoms with E-state index in [2.05, 4.69) is 4.47 Å². The zero-order valence-corrected chi connectivity index (χ0v) is 9.45. The highest BCUT2D eigenvalue weighted by molar-refractivity contribution is 7.92. The lowest BCUT2D eigenvalue weighted by Gasteiger charge is -2.08. The Bertz CT molecular complexity index is 522. The molecule has 0 saturated heterocycles. The van der Waals surface area contributed by atoms with Crippen molar-refractivity contribution in [2.75, 3.05) is 12.5 Å². The number of carbonyl (C=O) groups is 1. The maximum absolute atomic E-state index is 11.8. The zero-order valence-electron chi connectivity index (χ0n) is 8.64. The van der Waals surface area contributed by atoms with Crippen molar-refractivity contribution in [3.8, 4) is 0 Å². The first-order valence-corrected chi connectivity index (χ1v) is 6.87. The SMILES string of the molecule is CS(C)(=O)=NN1Cc2ccccc2C1=O. The Morgan fingerprint density at radius 2 is 2.00 bits per heavy atom. The fourth-order valence-electron chi connectivity index (χ4n) is 1.54. The van der Waals surface area contributed by atoms with Gasteiger partial charge in [-0.25, -0.2) is 9.22 Å². The van der Waals surface area contributed by atoms with Crippen LogP contribution in [0, 0.1) is 0 Å². The van der Waals surface area contributed by atoms with E-state index >= 15 is 0 Å². The van der Waals surface area contributed by atoms with Gasteiger partial charge >= 0.3 is 0 Å². The van der Waals surface area contributed by atoms with Gasteiger partial charge in [-0.3, -0.25) is 4.79 Å². The molecular formula is C10H12N2O2S. The van der Waals surface area contributed by atoms with E-state index in [-0.39, 0.29) is 5.91 Å². The van der Waals surface area contributed by atoms with Crippen molar-refractivity contribution < 1.29 is 9.00 Å². The normalized spacial score (nSPS) is 15.3. The van der Waals surface area contributed by atoms with E-state index in [1.807, 2.05) is 18.2 Å². The highest BCUT2D eigenvalue weighted by Gasteiger charge is 2.27. The number of benzene rings is 1. The van der Waals surface area contributed by atoms with Crippen LogP contribution in [0.5, 0.6) is 0 Å². The maximum Gasteiger partial charge on any atom is 0.275 e. The van der Waals surface area contributed by atoms with E-state index in [1.54, 1.807) is 6.07 Å². The van der Waals surface area contributed by atoms with Gasteiger partial charge in [-0.15, -0.1) is 4.47 Å². The Labute approximate surface area is 89.1 Å². The molecule has 1 aliphatic heterocycles. The van der Waals surface area contributed by atoms with Crippen molar-refractivity contribution in [3.05, 3.63) is 35.4 Å². The maximum atomic E-state index is 11.8. The quantitative estimate of drug-likeness (QED) is 0.721. The minimum absolute atomic E-state index is 0.165. The molecule has 0 saturated carbocycles. The number of amides is 1. The van der Waals surface area contributed by atoms with Crippen LogP contribution in [0.4, 0.5) is 0 Å². The third-order valence-corrected chi connectivity index (χ3v) is 2.69. The molecule has 0 N–H and O–H groups in total. The van der Waals surface area contributed by atoms with Gasteiger partial charge in [0, 0.05) is 18.1 Å². The monoisotopic (exact) mass is 224 g/mol. The Morgan fingerprint density at radius 1 is 1.33 bits per heavy atom. The molecule has 1 aliphatic rings. The van der Waals surface area contributed by atoms with Gasteiger partial charge in [0.15, 0.2) is 0 Å². The average molecular weight is 224 g/mol. The standard InChI is InChI=1S/C10H12N2O2S/c1-15(2,14)11-12-7-8-5-3-4-6-9(8)10(12)13/h3-6H,7H2,1-2H3. The van der Waals surface area contributed by atoms with E-state index in [0.29, 0.717) is 12.1 Å². The molecule has 0 bridgehead atoms. The Hall–Kier alpha value is -1.36. The van der Waals surface area contributed by atoms with Crippen LogP contribution in [-0.4, -0.2) is 27.6 Å². The van der Waals surface area contributed by atoms with Crippen LogP contribution in [0.1, 0.15) is 15.9 Å². The van der Waals surface area contributed by atoms with Gasteiger partial charge in [0.1, 0.15) is 0 Å². The molecule has 0 fully saturated rings. The van der Waals surface area contributed by atoms with Gasteiger partial charge in [-0.05, 0) is 11.6 Å². The topological polar surface area (TPSA) is 49.7 Å². The molecule has 80 valence electrons. The first kappa shape index (κ1) is 10.2. The first-order valence-electron chi connectivity index (χ1n) is 4.54. The molecule has 1 aromatic carbocycles. The Balaban J connectivity index is 2.41. The molecule has 4 nitrogen and oxygen atoms in total. The largest absolute Gasteiger partial charge is 0.275 e. The molecule has 0 spiro atoms. The fraction of sp³-hybridized carbons (Fsp3) is 0.300. The van der Waals surface area contributed by atoms with Crippen LogP contribution in [-0.2, 0) is 16.3 Å². The summed E-state index contributed by atoms with van der Waals surface area (Å²) >= 11 is 0. The lowest BCUT2D eigenvalue weighted by Crippen LogP contribution is -2.19. The summed E-state index contributed by atoms with van der Waals surface area (Å²) in [4.78, 5) is 11.8. The Kier molecular flexibility index (Phi) is 2.26. The third kappa shape index (κ3) is 2.02. The van der Waals surface area contributed by atoms with E-state index in [1.165, 1.54) is 17.5 Å². The van der Waals surface area contributed by atoms with Crippen LogP contribution < -0.4 is 0 Å². The molecule has 1 amide bonds. The lowest BCUT2D eigenvalue weighted by molar-refractivity contribution is 0.0786. The van der Waals surface area contributed by atoms with E-state index < -0.39 is 9.73 Å². The van der Waals surface area contributed by atoms with Crippen molar-refractivity contribution in [2.45, 2.75) is 6.54 Å². The van der Waals surface area contributed by atoms with E-state index in [9.17, 15) is 9.00 Å². The molecule has 1 aromatic rings.